The molecule has 0 heterocycles. The molecule has 0 fully saturated rings. The molecule has 0 aliphatic heterocycles. The van der Waals surface area contributed by atoms with Gasteiger partial charge in [0.25, 0.3) is 0 Å². The maximum Gasteiger partial charge on any atom is 0.321 e. The van der Waals surface area contributed by atoms with E-state index in [0.717, 1.165) is 0 Å². The minimum absolute atomic E-state index is 0.318. The summed E-state index contributed by atoms with van der Waals surface area (Å²) in [6.45, 7) is 6.43. The molecule has 2 N–H and O–H groups in total. The van der Waals surface area contributed by atoms with Crippen molar-refractivity contribution in [2.75, 3.05) is 13.2 Å². The Morgan fingerprint density at radius 1 is 1.16 bits per heavy atom. The molecule has 0 amide bonds. The smallest absolute Gasteiger partial charge is 0.321 e. The molecule has 19 heavy (non-hydrogen) atoms. The highest BCUT2D eigenvalue weighted by atomic mass is 28.3. The van der Waals surface area contributed by atoms with Gasteiger partial charge in [0.15, 0.2) is 0 Å². The molecule has 1 unspecified atom stereocenters. The lowest BCUT2D eigenvalue weighted by molar-refractivity contribution is -0.155. The fraction of sp³-hybridized carbons (Fsp3) is 0.833. The monoisotopic (exact) mass is 292 g/mol. The lowest BCUT2D eigenvalue weighted by atomic mass is 9.82. The van der Waals surface area contributed by atoms with E-state index in [1.807, 2.05) is 13.8 Å². The Bertz CT molecular complexity index is 290. The minimum Gasteiger partial charge on any atom is -0.481 e. The number of hydrogen-bond donors (Lipinski definition) is 2. The average molecular weight is 292 g/mol. The first kappa shape index (κ1) is 18.1. The van der Waals surface area contributed by atoms with Gasteiger partial charge in [0.1, 0.15) is 0 Å². The molecule has 1 atom stereocenters. The zero-order valence-electron chi connectivity index (χ0n) is 11.8. The first-order valence-corrected chi connectivity index (χ1v) is 8.30. The van der Waals surface area contributed by atoms with E-state index in [0.29, 0.717) is 32.1 Å². The van der Waals surface area contributed by atoms with Crippen LogP contribution >= 0.6 is 0 Å². The Labute approximate surface area is 115 Å². The summed E-state index contributed by atoms with van der Waals surface area (Å²) in [5.41, 5.74) is -1.22. The second-order valence-electron chi connectivity index (χ2n) is 4.67. The third-order valence-electron chi connectivity index (χ3n) is 2.93. The highest BCUT2D eigenvalue weighted by Crippen LogP contribution is 2.29. The summed E-state index contributed by atoms with van der Waals surface area (Å²) in [7, 11) is -1.73. The van der Waals surface area contributed by atoms with Crippen LogP contribution < -0.4 is 0 Å². The molecule has 0 aromatic rings. The molecule has 0 rings (SSSR count). The van der Waals surface area contributed by atoms with Crippen LogP contribution in [-0.4, -0.2) is 44.6 Å². The molecule has 7 heteroatoms. The Balaban J connectivity index is 4.31. The number of aliphatic carboxylic acids is 2. The van der Waals surface area contributed by atoms with E-state index in [-0.39, 0.29) is 6.42 Å². The van der Waals surface area contributed by atoms with E-state index < -0.39 is 26.6 Å². The predicted molar refractivity (Wildman–Crippen MR) is 72.4 cm³/mol. The zero-order valence-corrected chi connectivity index (χ0v) is 13.0. The van der Waals surface area contributed by atoms with Crippen molar-refractivity contribution in [1.29, 1.82) is 0 Å². The number of hydrogen-bond acceptors (Lipinski definition) is 4. The van der Waals surface area contributed by atoms with Crippen molar-refractivity contribution >= 4 is 21.2 Å². The summed E-state index contributed by atoms with van der Waals surface area (Å²) in [5.74, 6) is -2.16. The summed E-state index contributed by atoms with van der Waals surface area (Å²) < 4.78 is 11.0. The van der Waals surface area contributed by atoms with Crippen LogP contribution in [0.5, 0.6) is 0 Å². The molecule has 0 bridgehead atoms. The van der Waals surface area contributed by atoms with Crippen LogP contribution in [0.2, 0.25) is 6.04 Å². The van der Waals surface area contributed by atoms with Gasteiger partial charge in [0, 0.05) is 13.2 Å². The van der Waals surface area contributed by atoms with Crippen LogP contribution in [0.4, 0.5) is 0 Å². The molecular weight excluding hydrogens is 268 g/mol. The van der Waals surface area contributed by atoms with Crippen LogP contribution in [0.15, 0.2) is 0 Å². The van der Waals surface area contributed by atoms with Crippen molar-refractivity contribution in [2.45, 2.75) is 46.1 Å². The van der Waals surface area contributed by atoms with Crippen molar-refractivity contribution in [2.24, 2.45) is 5.41 Å². The first-order valence-electron chi connectivity index (χ1n) is 6.54. The molecule has 112 valence electrons. The minimum atomic E-state index is -1.73. The van der Waals surface area contributed by atoms with Crippen LogP contribution in [-0.2, 0) is 18.4 Å². The van der Waals surface area contributed by atoms with E-state index in [2.05, 4.69) is 0 Å². The van der Waals surface area contributed by atoms with Gasteiger partial charge >= 0.3 is 21.2 Å². The molecule has 0 aromatic carbocycles. The van der Waals surface area contributed by atoms with Gasteiger partial charge in [-0.15, -0.1) is 0 Å². The third kappa shape index (κ3) is 7.29. The van der Waals surface area contributed by atoms with Crippen molar-refractivity contribution in [3.05, 3.63) is 0 Å². The molecule has 0 aromatic heterocycles. The van der Waals surface area contributed by atoms with E-state index >= 15 is 0 Å². The summed E-state index contributed by atoms with van der Waals surface area (Å²) in [4.78, 5) is 21.9. The summed E-state index contributed by atoms with van der Waals surface area (Å²) in [6, 6.07) is 0.699. The maximum atomic E-state index is 11.2. The van der Waals surface area contributed by atoms with E-state index in [1.165, 1.54) is 6.92 Å². The fourth-order valence-electron chi connectivity index (χ4n) is 1.85. The van der Waals surface area contributed by atoms with Crippen molar-refractivity contribution in [3.63, 3.8) is 0 Å². The van der Waals surface area contributed by atoms with Gasteiger partial charge in [0.2, 0.25) is 0 Å². The topological polar surface area (TPSA) is 93.1 Å². The molecule has 6 nitrogen and oxygen atoms in total. The van der Waals surface area contributed by atoms with Gasteiger partial charge in [-0.1, -0.05) is 6.42 Å². The van der Waals surface area contributed by atoms with Crippen LogP contribution in [0.1, 0.15) is 40.0 Å². The lowest BCUT2D eigenvalue weighted by Crippen LogP contribution is -2.31. The van der Waals surface area contributed by atoms with Gasteiger partial charge in [-0.3, -0.25) is 9.59 Å². The first-order chi connectivity index (χ1) is 8.85. The van der Waals surface area contributed by atoms with Gasteiger partial charge in [-0.05, 0) is 33.2 Å². The largest absolute Gasteiger partial charge is 0.481 e. The van der Waals surface area contributed by atoms with Gasteiger partial charge in [-0.25, -0.2) is 0 Å². The highest BCUT2D eigenvalue weighted by Gasteiger charge is 2.35. The second-order valence-corrected chi connectivity index (χ2v) is 6.77. The van der Waals surface area contributed by atoms with Crippen molar-refractivity contribution < 1.29 is 28.7 Å². The molecule has 0 saturated carbocycles. The number of carboxylic acid groups (broad SMARTS) is 2. The lowest BCUT2D eigenvalue weighted by Gasteiger charge is -2.23. The van der Waals surface area contributed by atoms with Gasteiger partial charge in [0.05, 0.1) is 11.8 Å². The molecule has 0 aliphatic carbocycles. The zero-order chi connectivity index (χ0) is 14.9. The second kappa shape index (κ2) is 9.06. The SMILES string of the molecule is CCO[SiH](CCCC(C)(CC(=O)O)C(=O)O)OCC. The normalized spacial score (nSPS) is 14.3. The number of rotatable bonds is 11. The molecular formula is C12H24O6Si. The summed E-state index contributed by atoms with van der Waals surface area (Å²) >= 11 is 0. The van der Waals surface area contributed by atoms with Crippen LogP contribution in [0.25, 0.3) is 0 Å². The van der Waals surface area contributed by atoms with Gasteiger partial charge in [-0.2, -0.15) is 0 Å². The Morgan fingerprint density at radius 2 is 1.68 bits per heavy atom. The van der Waals surface area contributed by atoms with E-state index in [9.17, 15) is 9.59 Å². The van der Waals surface area contributed by atoms with E-state index in [1.54, 1.807) is 0 Å². The quantitative estimate of drug-likeness (QED) is 0.562. The Hall–Kier alpha value is -0.923. The standard InChI is InChI=1S/C12H24O6Si/c1-4-17-19(18-5-2)8-6-7-12(3,11(15)16)9-10(13)14/h19H,4-9H2,1-3H3,(H,13,14)(H,15,16). The Morgan fingerprint density at radius 3 is 2.05 bits per heavy atom. The van der Waals surface area contributed by atoms with Crippen molar-refractivity contribution in [1.82, 2.24) is 0 Å². The molecule has 0 saturated heterocycles. The predicted octanol–water partition coefficient (Wildman–Crippen LogP) is 1.63. The number of carbonyl (C=O) groups is 2. The average Bonchev–Trinajstić information content (AvgIpc) is 2.28. The summed E-state index contributed by atoms with van der Waals surface area (Å²) in [6.07, 6.45) is 0.559. The Kier molecular flexibility index (Phi) is 8.62. The highest BCUT2D eigenvalue weighted by molar-refractivity contribution is 6.44. The molecule has 0 spiro atoms. The number of carboxylic acids is 2. The van der Waals surface area contributed by atoms with Crippen LogP contribution in [0.3, 0.4) is 0 Å². The fourth-order valence-corrected chi connectivity index (χ4v) is 3.56. The third-order valence-corrected chi connectivity index (χ3v) is 5.22. The van der Waals surface area contributed by atoms with Crippen molar-refractivity contribution in [3.8, 4) is 0 Å². The molecule has 0 aliphatic rings. The molecule has 0 radical (unpaired) electrons. The maximum absolute atomic E-state index is 11.2. The van der Waals surface area contributed by atoms with E-state index in [4.69, 9.17) is 19.1 Å². The summed E-state index contributed by atoms with van der Waals surface area (Å²) in [5, 5.41) is 17.9. The van der Waals surface area contributed by atoms with Gasteiger partial charge < -0.3 is 19.1 Å². The van der Waals surface area contributed by atoms with Crippen LogP contribution in [0, 0.1) is 5.41 Å².